The van der Waals surface area contributed by atoms with Crippen LogP contribution in [0.15, 0.2) is 45.9 Å². The maximum Gasteiger partial charge on any atom is 0.343 e. The van der Waals surface area contributed by atoms with E-state index in [4.69, 9.17) is 27.8 Å². The molecule has 1 saturated heterocycles. The minimum absolute atomic E-state index is 0.0278. The van der Waals surface area contributed by atoms with E-state index in [2.05, 4.69) is 47.7 Å². The summed E-state index contributed by atoms with van der Waals surface area (Å²) in [5, 5.41) is 0.757. The van der Waals surface area contributed by atoms with Crippen molar-refractivity contribution in [2.45, 2.75) is 100 Å². The first kappa shape index (κ1) is 31.7. The van der Waals surface area contributed by atoms with Crippen molar-refractivity contribution in [2.75, 3.05) is 26.9 Å². The van der Waals surface area contributed by atoms with Crippen molar-refractivity contribution in [2.24, 2.45) is 5.41 Å². The zero-order valence-electron chi connectivity index (χ0n) is 27.3. The van der Waals surface area contributed by atoms with Gasteiger partial charge in [0.05, 0.1) is 19.8 Å². The highest BCUT2D eigenvalue weighted by Crippen LogP contribution is 2.66. The van der Waals surface area contributed by atoms with Crippen molar-refractivity contribution in [1.82, 2.24) is 0 Å². The van der Waals surface area contributed by atoms with E-state index >= 15 is 0 Å². The first-order chi connectivity index (χ1) is 20.8. The van der Waals surface area contributed by atoms with Crippen LogP contribution in [0.2, 0.25) is 18.1 Å². The van der Waals surface area contributed by atoms with Crippen molar-refractivity contribution in [1.29, 1.82) is 0 Å². The van der Waals surface area contributed by atoms with E-state index in [1.54, 1.807) is 13.4 Å². The van der Waals surface area contributed by atoms with E-state index in [0.29, 0.717) is 24.4 Å². The smallest absolute Gasteiger partial charge is 0.343 e. The molecule has 238 valence electrons. The number of carbonyl (C=O) groups excluding carboxylic acids is 1. The predicted octanol–water partition coefficient (Wildman–Crippen LogP) is 8.62. The third kappa shape index (κ3) is 5.13. The summed E-state index contributed by atoms with van der Waals surface area (Å²) in [7, 11) is -0.690. The van der Waals surface area contributed by atoms with E-state index in [0.717, 1.165) is 47.3 Å². The summed E-state index contributed by atoms with van der Waals surface area (Å²) < 4.78 is 37.8. The maximum absolute atomic E-state index is 13.9. The van der Waals surface area contributed by atoms with Gasteiger partial charge < -0.3 is 27.8 Å². The van der Waals surface area contributed by atoms with Gasteiger partial charge in [0, 0.05) is 34.8 Å². The lowest BCUT2D eigenvalue weighted by molar-refractivity contribution is -0.222. The van der Waals surface area contributed by atoms with Crippen LogP contribution in [0.5, 0.6) is 5.75 Å². The van der Waals surface area contributed by atoms with Crippen LogP contribution in [0, 0.1) is 12.3 Å². The van der Waals surface area contributed by atoms with Crippen LogP contribution in [0.1, 0.15) is 79.9 Å². The highest BCUT2D eigenvalue weighted by atomic mass is 32.2. The predicted molar refractivity (Wildman–Crippen MR) is 175 cm³/mol. The fourth-order valence-electron chi connectivity index (χ4n) is 7.27. The molecule has 1 aromatic heterocycles. The van der Waals surface area contributed by atoms with Gasteiger partial charge in [0.2, 0.25) is 0 Å². The molecule has 44 heavy (non-hydrogen) atoms. The zero-order chi connectivity index (χ0) is 31.5. The van der Waals surface area contributed by atoms with Gasteiger partial charge in [-0.3, -0.25) is 0 Å². The summed E-state index contributed by atoms with van der Waals surface area (Å²) in [6.45, 7) is 17.3. The van der Waals surface area contributed by atoms with Gasteiger partial charge in [-0.1, -0.05) is 57.7 Å². The molecule has 0 amide bonds. The number of rotatable bonds is 8. The first-order valence-electron chi connectivity index (χ1n) is 15.8. The van der Waals surface area contributed by atoms with Crippen molar-refractivity contribution < 1.29 is 32.6 Å². The monoisotopic (exact) mass is 638 g/mol. The Hall–Kier alpha value is -2.30. The Morgan fingerprint density at radius 2 is 1.84 bits per heavy atom. The second-order valence-electron chi connectivity index (χ2n) is 14.2. The van der Waals surface area contributed by atoms with Gasteiger partial charge >= 0.3 is 5.97 Å². The number of benzene rings is 2. The van der Waals surface area contributed by atoms with Gasteiger partial charge in [0.25, 0.3) is 8.32 Å². The third-order valence-electron chi connectivity index (χ3n) is 10.7. The Labute approximate surface area is 266 Å². The van der Waals surface area contributed by atoms with Gasteiger partial charge in [-0.2, -0.15) is 0 Å². The minimum atomic E-state index is -2.30. The van der Waals surface area contributed by atoms with E-state index < -0.39 is 25.5 Å². The number of thioether (sulfide) groups is 1. The number of hydrogen-bond acceptors (Lipinski definition) is 8. The second kappa shape index (κ2) is 11.5. The molecule has 2 heterocycles. The number of fused-ring (bicyclic) bond motifs is 5. The van der Waals surface area contributed by atoms with Crippen LogP contribution in [-0.2, 0) is 25.4 Å². The highest BCUT2D eigenvalue weighted by Gasteiger charge is 2.63. The van der Waals surface area contributed by atoms with Gasteiger partial charge in [0.1, 0.15) is 11.8 Å². The van der Waals surface area contributed by atoms with Crippen LogP contribution < -0.4 is 4.43 Å². The SMILES string of the molecule is COCC(OC(=O)c1coc2c(O[Si](C)(C)C(C)(C)C)c3c(c(C)c12)CCC1(C)[C@H]3CCC12OCCO2)Sc1ccccc1. The van der Waals surface area contributed by atoms with Crippen molar-refractivity contribution in [3.05, 3.63) is 58.8 Å². The van der Waals surface area contributed by atoms with E-state index in [9.17, 15) is 4.79 Å². The Morgan fingerprint density at radius 1 is 1.14 bits per heavy atom. The average Bonchev–Trinajstić information content (AvgIpc) is 3.70. The van der Waals surface area contributed by atoms with Gasteiger partial charge in [-0.25, -0.2) is 4.79 Å². The molecular formula is C35H46O7SSi. The summed E-state index contributed by atoms with van der Waals surface area (Å²) in [6.07, 6.45) is 5.16. The normalized spacial score (nSPS) is 23.5. The largest absolute Gasteiger partial charge is 0.541 e. The van der Waals surface area contributed by atoms with Crippen molar-refractivity contribution >= 4 is 37.0 Å². The van der Waals surface area contributed by atoms with Crippen molar-refractivity contribution in [3.8, 4) is 5.75 Å². The molecule has 1 aliphatic heterocycles. The Bertz CT molecular complexity index is 1540. The first-order valence-corrected chi connectivity index (χ1v) is 19.6. The van der Waals surface area contributed by atoms with Crippen LogP contribution in [0.4, 0.5) is 0 Å². The number of furan rings is 1. The fourth-order valence-corrected chi connectivity index (χ4v) is 9.24. The molecule has 0 N–H and O–H groups in total. The quantitative estimate of drug-likeness (QED) is 0.105. The number of hydrogen-bond donors (Lipinski definition) is 0. The van der Waals surface area contributed by atoms with E-state index in [1.807, 2.05) is 30.3 Å². The zero-order valence-corrected chi connectivity index (χ0v) is 29.2. The number of methoxy groups -OCH3 is 1. The van der Waals surface area contributed by atoms with E-state index in [-0.39, 0.29) is 23.0 Å². The molecule has 0 bridgehead atoms. The molecule has 1 saturated carbocycles. The number of ether oxygens (including phenoxy) is 4. The molecule has 7 nitrogen and oxygen atoms in total. The summed E-state index contributed by atoms with van der Waals surface area (Å²) in [5.41, 5.74) is 3.90. The molecule has 3 atom stereocenters. The molecule has 3 aromatic rings. The van der Waals surface area contributed by atoms with Crippen LogP contribution in [-0.4, -0.2) is 52.4 Å². The number of esters is 1. The molecule has 0 radical (unpaired) electrons. The standard InChI is InChI=1S/C35H46O7SSi/c1-22-24-14-16-34(5)26(15-17-35(34)39-18-19-40-35)29(24)31(42-44(7,8)33(2,3)4)30-28(22)25(20-38-30)32(36)41-27(21-37-6)43-23-12-10-9-11-13-23/h9-13,20,26-27H,14-19,21H2,1-8H3/t26-,27?,34?/m0/s1. The lowest BCUT2D eigenvalue weighted by Gasteiger charge is -2.47. The fraction of sp³-hybridized carbons (Fsp3) is 0.571. The summed E-state index contributed by atoms with van der Waals surface area (Å²) in [5.74, 6) is 0.00589. The lowest BCUT2D eigenvalue weighted by atomic mass is 9.63. The molecule has 2 unspecified atom stereocenters. The summed E-state index contributed by atoms with van der Waals surface area (Å²) in [4.78, 5) is 14.9. The molecule has 2 fully saturated rings. The molecule has 2 aliphatic carbocycles. The van der Waals surface area contributed by atoms with Crippen LogP contribution >= 0.6 is 11.8 Å². The second-order valence-corrected chi connectivity index (χ2v) is 20.2. The Balaban J connectivity index is 1.45. The Morgan fingerprint density at radius 3 is 2.50 bits per heavy atom. The number of aryl methyl sites for hydroxylation is 1. The van der Waals surface area contributed by atoms with Crippen LogP contribution in [0.3, 0.4) is 0 Å². The Kier molecular flexibility index (Phi) is 8.27. The molecule has 6 rings (SSSR count). The number of carbonyl (C=O) groups is 1. The highest BCUT2D eigenvalue weighted by molar-refractivity contribution is 7.99. The lowest BCUT2D eigenvalue weighted by Crippen LogP contribution is -2.48. The van der Waals surface area contributed by atoms with Gasteiger partial charge in [-0.05, 0) is 73.5 Å². The molecule has 3 aliphatic rings. The minimum Gasteiger partial charge on any atom is -0.541 e. The van der Waals surface area contributed by atoms with Gasteiger partial charge in [0.15, 0.2) is 22.6 Å². The van der Waals surface area contributed by atoms with Gasteiger partial charge in [-0.15, -0.1) is 0 Å². The maximum atomic E-state index is 13.9. The summed E-state index contributed by atoms with van der Waals surface area (Å²) in [6, 6.07) is 9.90. The van der Waals surface area contributed by atoms with E-state index in [1.165, 1.54) is 22.9 Å². The van der Waals surface area contributed by atoms with Crippen LogP contribution in [0.25, 0.3) is 11.0 Å². The summed E-state index contributed by atoms with van der Waals surface area (Å²) >= 11 is 1.46. The topological polar surface area (TPSA) is 76.4 Å². The third-order valence-corrected chi connectivity index (χ3v) is 16.1. The molecule has 1 spiro atoms. The molecular weight excluding hydrogens is 593 g/mol. The molecule has 2 aromatic carbocycles. The average molecular weight is 639 g/mol. The molecule has 9 heteroatoms. The van der Waals surface area contributed by atoms with Crippen molar-refractivity contribution in [3.63, 3.8) is 0 Å².